The standard InChI is InChI=1S/C15H17N3O/c1-11-5-3-4-6-12(11)9-18-15(19)14-8-7-13(16-2)10-17-14/h3-8,10,16H,9H2,1-2H3,(H,18,19). The number of aromatic nitrogens is 1. The molecule has 0 saturated carbocycles. The first-order chi connectivity index (χ1) is 9.20. The van der Waals surface area contributed by atoms with Crippen molar-refractivity contribution < 1.29 is 4.79 Å². The lowest BCUT2D eigenvalue weighted by Gasteiger charge is -2.07. The molecular weight excluding hydrogens is 238 g/mol. The fraction of sp³-hybridized carbons (Fsp3) is 0.200. The van der Waals surface area contributed by atoms with E-state index in [4.69, 9.17) is 0 Å². The zero-order valence-corrected chi connectivity index (χ0v) is 11.1. The van der Waals surface area contributed by atoms with Crippen molar-refractivity contribution in [2.24, 2.45) is 0 Å². The first kappa shape index (κ1) is 13.1. The normalized spacial score (nSPS) is 10.0. The van der Waals surface area contributed by atoms with E-state index in [1.165, 1.54) is 5.56 Å². The van der Waals surface area contributed by atoms with Crippen LogP contribution in [0.2, 0.25) is 0 Å². The minimum atomic E-state index is -0.161. The Hall–Kier alpha value is -2.36. The lowest BCUT2D eigenvalue weighted by molar-refractivity contribution is 0.0946. The number of hydrogen-bond donors (Lipinski definition) is 2. The molecule has 0 atom stereocenters. The van der Waals surface area contributed by atoms with Gasteiger partial charge in [-0.1, -0.05) is 24.3 Å². The van der Waals surface area contributed by atoms with E-state index in [2.05, 4.69) is 15.6 Å². The maximum atomic E-state index is 11.9. The molecule has 0 saturated heterocycles. The van der Waals surface area contributed by atoms with Gasteiger partial charge in [0.1, 0.15) is 5.69 Å². The number of carbonyl (C=O) groups excluding carboxylic acids is 1. The maximum Gasteiger partial charge on any atom is 0.270 e. The first-order valence-corrected chi connectivity index (χ1v) is 6.17. The summed E-state index contributed by atoms with van der Waals surface area (Å²) in [6.07, 6.45) is 1.64. The van der Waals surface area contributed by atoms with Gasteiger partial charge in [-0.25, -0.2) is 4.98 Å². The number of anilines is 1. The number of amides is 1. The molecule has 19 heavy (non-hydrogen) atoms. The number of carbonyl (C=O) groups is 1. The van der Waals surface area contributed by atoms with Crippen molar-refractivity contribution in [1.29, 1.82) is 0 Å². The van der Waals surface area contributed by atoms with Crippen LogP contribution in [0.25, 0.3) is 0 Å². The number of benzene rings is 1. The van der Waals surface area contributed by atoms with Gasteiger partial charge in [-0.15, -0.1) is 0 Å². The molecule has 0 radical (unpaired) electrons. The summed E-state index contributed by atoms with van der Waals surface area (Å²) in [5.74, 6) is -0.161. The van der Waals surface area contributed by atoms with Crippen LogP contribution in [0.3, 0.4) is 0 Å². The van der Waals surface area contributed by atoms with E-state index >= 15 is 0 Å². The number of nitrogens with zero attached hydrogens (tertiary/aromatic N) is 1. The topological polar surface area (TPSA) is 54.0 Å². The third kappa shape index (κ3) is 3.31. The summed E-state index contributed by atoms with van der Waals surface area (Å²) < 4.78 is 0. The van der Waals surface area contributed by atoms with Crippen molar-refractivity contribution in [2.45, 2.75) is 13.5 Å². The molecule has 0 aliphatic heterocycles. The van der Waals surface area contributed by atoms with Gasteiger partial charge in [-0.3, -0.25) is 4.79 Å². The molecule has 2 rings (SSSR count). The quantitative estimate of drug-likeness (QED) is 0.881. The van der Waals surface area contributed by atoms with Crippen LogP contribution in [0, 0.1) is 6.92 Å². The van der Waals surface area contributed by atoms with Crippen molar-refractivity contribution in [1.82, 2.24) is 10.3 Å². The van der Waals surface area contributed by atoms with Gasteiger partial charge in [0.2, 0.25) is 0 Å². The molecule has 0 fully saturated rings. The van der Waals surface area contributed by atoms with E-state index in [0.717, 1.165) is 11.3 Å². The molecule has 1 amide bonds. The van der Waals surface area contributed by atoms with E-state index in [1.54, 1.807) is 12.3 Å². The van der Waals surface area contributed by atoms with Gasteiger partial charge in [0.15, 0.2) is 0 Å². The summed E-state index contributed by atoms with van der Waals surface area (Å²) in [5, 5.41) is 5.84. The number of aryl methyl sites for hydroxylation is 1. The van der Waals surface area contributed by atoms with Gasteiger partial charge in [0, 0.05) is 13.6 Å². The van der Waals surface area contributed by atoms with Gasteiger partial charge in [-0.2, -0.15) is 0 Å². The average molecular weight is 255 g/mol. The number of hydrogen-bond acceptors (Lipinski definition) is 3. The summed E-state index contributed by atoms with van der Waals surface area (Å²) in [7, 11) is 1.81. The molecule has 1 aromatic carbocycles. The second-order valence-corrected chi connectivity index (χ2v) is 4.29. The summed E-state index contributed by atoms with van der Waals surface area (Å²) in [4.78, 5) is 16.0. The Morgan fingerprint density at radius 3 is 2.63 bits per heavy atom. The van der Waals surface area contributed by atoms with Crippen LogP contribution in [0.15, 0.2) is 42.6 Å². The molecule has 4 heteroatoms. The van der Waals surface area contributed by atoms with E-state index in [0.29, 0.717) is 12.2 Å². The third-order valence-corrected chi connectivity index (χ3v) is 2.99. The fourth-order valence-electron chi connectivity index (χ4n) is 1.75. The lowest BCUT2D eigenvalue weighted by Crippen LogP contribution is -2.24. The predicted molar refractivity (Wildman–Crippen MR) is 76.1 cm³/mol. The van der Waals surface area contributed by atoms with Crippen LogP contribution in [0.1, 0.15) is 21.6 Å². The molecule has 2 aromatic rings. The smallest absolute Gasteiger partial charge is 0.270 e. The van der Waals surface area contributed by atoms with Gasteiger partial charge >= 0.3 is 0 Å². The lowest BCUT2D eigenvalue weighted by atomic mass is 10.1. The molecule has 0 bridgehead atoms. The zero-order valence-electron chi connectivity index (χ0n) is 11.1. The van der Waals surface area contributed by atoms with Crippen LogP contribution in [0.4, 0.5) is 5.69 Å². The van der Waals surface area contributed by atoms with Crippen LogP contribution < -0.4 is 10.6 Å². The highest BCUT2D eigenvalue weighted by atomic mass is 16.1. The molecule has 1 heterocycles. The molecule has 98 valence electrons. The Morgan fingerprint density at radius 1 is 1.21 bits per heavy atom. The second-order valence-electron chi connectivity index (χ2n) is 4.29. The summed E-state index contributed by atoms with van der Waals surface area (Å²) in [6, 6.07) is 11.5. The number of rotatable bonds is 4. The Bertz CT molecular complexity index is 564. The highest BCUT2D eigenvalue weighted by Crippen LogP contribution is 2.08. The average Bonchev–Trinajstić information content (AvgIpc) is 2.46. The molecule has 0 aliphatic rings. The van der Waals surface area contributed by atoms with E-state index in [9.17, 15) is 4.79 Å². The van der Waals surface area contributed by atoms with E-state index < -0.39 is 0 Å². The fourth-order valence-corrected chi connectivity index (χ4v) is 1.75. The molecular formula is C15H17N3O. The van der Waals surface area contributed by atoms with Crippen molar-refractivity contribution in [3.05, 3.63) is 59.4 Å². The minimum Gasteiger partial charge on any atom is -0.387 e. The Balaban J connectivity index is 1.99. The van der Waals surface area contributed by atoms with E-state index in [1.807, 2.05) is 44.3 Å². The van der Waals surface area contributed by atoms with Crippen molar-refractivity contribution in [2.75, 3.05) is 12.4 Å². The Labute approximate surface area is 112 Å². The first-order valence-electron chi connectivity index (χ1n) is 6.17. The minimum absolute atomic E-state index is 0.161. The zero-order chi connectivity index (χ0) is 13.7. The van der Waals surface area contributed by atoms with Crippen molar-refractivity contribution in [3.8, 4) is 0 Å². The van der Waals surface area contributed by atoms with Crippen molar-refractivity contribution >= 4 is 11.6 Å². The highest BCUT2D eigenvalue weighted by molar-refractivity contribution is 5.92. The molecule has 0 spiro atoms. The van der Waals surface area contributed by atoms with Gasteiger partial charge in [0.05, 0.1) is 11.9 Å². The molecule has 4 nitrogen and oxygen atoms in total. The van der Waals surface area contributed by atoms with Gasteiger partial charge in [0.25, 0.3) is 5.91 Å². The van der Waals surface area contributed by atoms with Gasteiger partial charge < -0.3 is 10.6 Å². The van der Waals surface area contributed by atoms with E-state index in [-0.39, 0.29) is 5.91 Å². The molecule has 1 aromatic heterocycles. The van der Waals surface area contributed by atoms with Gasteiger partial charge in [-0.05, 0) is 30.2 Å². The van der Waals surface area contributed by atoms with Crippen LogP contribution >= 0.6 is 0 Å². The number of nitrogens with one attached hydrogen (secondary N) is 2. The maximum absolute atomic E-state index is 11.9. The van der Waals surface area contributed by atoms with Crippen LogP contribution in [0.5, 0.6) is 0 Å². The summed E-state index contributed by atoms with van der Waals surface area (Å²) >= 11 is 0. The second kappa shape index (κ2) is 6.00. The predicted octanol–water partition coefficient (Wildman–Crippen LogP) is 2.36. The van der Waals surface area contributed by atoms with Crippen LogP contribution in [-0.2, 0) is 6.54 Å². The SMILES string of the molecule is CNc1ccc(C(=O)NCc2ccccc2C)nc1. The third-order valence-electron chi connectivity index (χ3n) is 2.99. The molecule has 2 N–H and O–H groups in total. The largest absolute Gasteiger partial charge is 0.387 e. The molecule has 0 unspecified atom stereocenters. The van der Waals surface area contributed by atoms with Crippen molar-refractivity contribution in [3.63, 3.8) is 0 Å². The highest BCUT2D eigenvalue weighted by Gasteiger charge is 2.07. The summed E-state index contributed by atoms with van der Waals surface area (Å²) in [6.45, 7) is 2.54. The summed E-state index contributed by atoms with van der Waals surface area (Å²) in [5.41, 5.74) is 3.59. The van der Waals surface area contributed by atoms with Crippen LogP contribution in [-0.4, -0.2) is 17.9 Å². The Morgan fingerprint density at radius 2 is 2.00 bits per heavy atom. The Kier molecular flexibility index (Phi) is 4.13. The number of pyridine rings is 1. The monoisotopic (exact) mass is 255 g/mol. The molecule has 0 aliphatic carbocycles.